The summed E-state index contributed by atoms with van der Waals surface area (Å²) in [6.07, 6.45) is -1.88. The molecule has 0 aromatic heterocycles. The van der Waals surface area contributed by atoms with E-state index in [9.17, 15) is 48.6 Å². The van der Waals surface area contributed by atoms with E-state index >= 15 is 0 Å². The Kier molecular flexibility index (Phi) is 18.0. The molecule has 0 heterocycles. The highest BCUT2D eigenvalue weighted by molar-refractivity contribution is 6.00. The van der Waals surface area contributed by atoms with Gasteiger partial charge in [-0.3, -0.25) is 19.2 Å². The number of ether oxygens (including phenoxy) is 5. The summed E-state index contributed by atoms with van der Waals surface area (Å²) in [6.45, 7) is -0.620. The van der Waals surface area contributed by atoms with E-state index in [2.05, 4.69) is 20.6 Å². The Balaban J connectivity index is 1.45. The number of nitrogens with two attached hydrogens (primary N) is 4. The number of benzene rings is 4. The molecule has 4 rings (SSSR count). The van der Waals surface area contributed by atoms with Gasteiger partial charge in [-0.25, -0.2) is 29.2 Å². The van der Waals surface area contributed by atoms with Crippen LogP contribution in [0, 0.1) is 0 Å². The predicted octanol–water partition coefficient (Wildman–Crippen LogP) is 0.725. The zero-order valence-corrected chi connectivity index (χ0v) is 34.8. The van der Waals surface area contributed by atoms with Gasteiger partial charge in [0.15, 0.2) is 11.9 Å². The number of esters is 2. The number of carboxylic acids is 4. The van der Waals surface area contributed by atoms with Crippen LogP contribution in [0.1, 0.15) is 54.3 Å². The Morgan fingerprint density at radius 1 is 0.478 bits per heavy atom. The molecule has 0 aliphatic heterocycles. The molecule has 0 aliphatic rings. The lowest BCUT2D eigenvalue weighted by molar-refractivity contribution is -0.145. The first-order valence-electron chi connectivity index (χ1n) is 19.2. The Labute approximate surface area is 377 Å². The number of aliphatic imine (C=N–C) groups is 2. The number of rotatable bonds is 24. The van der Waals surface area contributed by atoms with Crippen molar-refractivity contribution in [3.05, 3.63) is 107 Å². The number of carboxylic acid groups (broad SMARTS) is 4. The molecule has 2 amide bonds. The predicted molar refractivity (Wildman–Crippen MR) is 231 cm³/mol. The first kappa shape index (κ1) is 50.4. The summed E-state index contributed by atoms with van der Waals surface area (Å²) >= 11 is 0. The lowest BCUT2D eigenvalue weighted by Crippen LogP contribution is -2.42. The minimum Gasteiger partial charge on any atom is -0.491 e. The number of amides is 2. The van der Waals surface area contributed by atoms with Crippen LogP contribution in [0.3, 0.4) is 0 Å². The van der Waals surface area contributed by atoms with Crippen LogP contribution in [0.2, 0.25) is 0 Å². The molecular formula is C42H42N8O17. The topological polar surface area (TPSA) is 416 Å². The molecule has 0 radical (unpaired) electrons. The van der Waals surface area contributed by atoms with E-state index in [1.807, 2.05) is 0 Å². The fraction of sp³-hybridized carbons (Fsp3) is 0.190. The minimum atomic E-state index is -1.81. The number of aliphatic carboxylic acids is 4. The van der Waals surface area contributed by atoms with Crippen molar-refractivity contribution in [2.24, 2.45) is 32.9 Å². The van der Waals surface area contributed by atoms with Gasteiger partial charge < -0.3 is 77.7 Å². The SMILES string of the molecule is NC(N)=Nc1ccc(C(=O)Oc2cc(OCCOCCOc3cc(OC(=O)c4ccc(N=C(N)N)cc4)cc(C(=O)N[C@H](CC(=O)O)C(=O)O)c3)cc(C(=O)N[C@H](CC(=O)O)C(=O)O)c2)cc1. The number of hydrogen-bond acceptors (Lipinski definition) is 15. The molecule has 0 bridgehead atoms. The van der Waals surface area contributed by atoms with Crippen molar-refractivity contribution in [3.63, 3.8) is 0 Å². The first-order chi connectivity index (χ1) is 31.8. The summed E-state index contributed by atoms with van der Waals surface area (Å²) < 4.78 is 27.9. The minimum absolute atomic E-state index is 0.0526. The van der Waals surface area contributed by atoms with Crippen molar-refractivity contribution >= 4 is 70.9 Å². The fourth-order valence-corrected chi connectivity index (χ4v) is 5.44. The van der Waals surface area contributed by atoms with Gasteiger partial charge in [-0.1, -0.05) is 0 Å². The molecule has 0 saturated carbocycles. The third-order valence-corrected chi connectivity index (χ3v) is 8.39. The average molecular weight is 931 g/mol. The van der Waals surface area contributed by atoms with Crippen molar-refractivity contribution in [1.29, 1.82) is 0 Å². The molecule has 25 nitrogen and oxygen atoms in total. The molecule has 0 aliphatic carbocycles. The Morgan fingerprint density at radius 3 is 1.13 bits per heavy atom. The van der Waals surface area contributed by atoms with E-state index in [1.54, 1.807) is 0 Å². The van der Waals surface area contributed by atoms with E-state index in [1.165, 1.54) is 72.8 Å². The van der Waals surface area contributed by atoms with Crippen LogP contribution in [0.15, 0.2) is 94.9 Å². The zero-order valence-electron chi connectivity index (χ0n) is 34.8. The van der Waals surface area contributed by atoms with Gasteiger partial charge in [0.25, 0.3) is 11.8 Å². The molecule has 14 N–H and O–H groups in total. The maximum Gasteiger partial charge on any atom is 0.343 e. The fourth-order valence-electron chi connectivity index (χ4n) is 5.44. The van der Waals surface area contributed by atoms with Gasteiger partial charge in [0.1, 0.15) is 48.3 Å². The van der Waals surface area contributed by atoms with E-state index in [4.69, 9.17) is 56.8 Å². The third kappa shape index (κ3) is 16.8. The molecule has 2 atom stereocenters. The van der Waals surface area contributed by atoms with Crippen LogP contribution in [-0.2, 0) is 23.9 Å². The summed E-state index contributed by atoms with van der Waals surface area (Å²) in [5, 5.41) is 41.2. The summed E-state index contributed by atoms with van der Waals surface area (Å²) in [5.41, 5.74) is 21.8. The van der Waals surface area contributed by atoms with Gasteiger partial charge in [-0.2, -0.15) is 0 Å². The average Bonchev–Trinajstić information content (AvgIpc) is 3.25. The van der Waals surface area contributed by atoms with E-state index in [0.717, 1.165) is 12.1 Å². The number of nitrogens with zero attached hydrogens (tertiary/aromatic N) is 2. The van der Waals surface area contributed by atoms with Gasteiger partial charge in [-0.15, -0.1) is 0 Å². The molecule has 0 spiro atoms. The molecule has 25 heteroatoms. The number of carbonyl (C=O) groups excluding carboxylic acids is 4. The third-order valence-electron chi connectivity index (χ3n) is 8.39. The van der Waals surface area contributed by atoms with E-state index in [0.29, 0.717) is 11.4 Å². The van der Waals surface area contributed by atoms with Crippen molar-refractivity contribution in [2.75, 3.05) is 26.4 Å². The Bertz CT molecular complexity index is 2380. The van der Waals surface area contributed by atoms with Crippen molar-refractivity contribution in [2.45, 2.75) is 24.9 Å². The number of carbonyl (C=O) groups is 8. The molecule has 67 heavy (non-hydrogen) atoms. The van der Waals surface area contributed by atoms with Gasteiger partial charge in [0, 0.05) is 23.3 Å². The van der Waals surface area contributed by atoms with Crippen molar-refractivity contribution in [1.82, 2.24) is 10.6 Å². The first-order valence-corrected chi connectivity index (χ1v) is 19.2. The Hall–Kier alpha value is -9.26. The maximum absolute atomic E-state index is 13.1. The molecule has 4 aromatic carbocycles. The van der Waals surface area contributed by atoms with E-state index in [-0.39, 0.29) is 83.6 Å². The summed E-state index contributed by atoms with van der Waals surface area (Å²) in [7, 11) is 0. The van der Waals surface area contributed by atoms with Gasteiger partial charge in [0.2, 0.25) is 0 Å². The second kappa shape index (κ2) is 24.0. The van der Waals surface area contributed by atoms with Crippen LogP contribution >= 0.6 is 0 Å². The quantitative estimate of drug-likeness (QED) is 0.0152. The van der Waals surface area contributed by atoms with Gasteiger partial charge in [0.05, 0.1) is 48.6 Å². The Morgan fingerprint density at radius 2 is 0.821 bits per heavy atom. The largest absolute Gasteiger partial charge is 0.491 e. The second-order valence-electron chi connectivity index (χ2n) is 13.6. The molecule has 0 saturated heterocycles. The summed E-state index contributed by atoms with van der Waals surface area (Å²) in [6, 6.07) is 14.6. The standard InChI is InChI=1S/C42H42N8O17/c43-41(44)47-25-5-1-21(2-6-25)39(61)66-29-15-23(35(55)49-31(37(57)58)19-33(51)52)13-27(17-29)64-11-9-63-10-12-65-28-14-24(36(56)50-32(38(59)60)20-34(53)54)16-30(18-28)67-40(62)22-3-7-26(8-4-22)48-42(45)46/h1-8,13-18,31-32H,9-12,19-20H2,(H,49,55)(H,50,56)(H,51,52)(H,53,54)(H,57,58)(H,59,60)(H4,43,44,47)(H4,45,46,48)/t31-,32-/m1/s1. The maximum atomic E-state index is 13.1. The van der Waals surface area contributed by atoms with Crippen LogP contribution in [0.4, 0.5) is 11.4 Å². The highest BCUT2D eigenvalue weighted by Crippen LogP contribution is 2.27. The van der Waals surface area contributed by atoms with Crippen LogP contribution in [0.25, 0.3) is 0 Å². The number of nitrogens with one attached hydrogen (secondary N) is 2. The summed E-state index contributed by atoms with van der Waals surface area (Å²) in [4.78, 5) is 106. The van der Waals surface area contributed by atoms with Crippen molar-refractivity contribution in [3.8, 4) is 23.0 Å². The highest BCUT2D eigenvalue weighted by atomic mass is 16.6. The molecule has 4 aromatic rings. The number of hydrogen-bond donors (Lipinski definition) is 10. The summed E-state index contributed by atoms with van der Waals surface area (Å²) in [5.74, 6) is -11.0. The lowest BCUT2D eigenvalue weighted by Gasteiger charge is -2.15. The van der Waals surface area contributed by atoms with Gasteiger partial charge in [-0.05, 0) is 72.8 Å². The lowest BCUT2D eigenvalue weighted by atomic mass is 10.1. The monoisotopic (exact) mass is 930 g/mol. The molecule has 0 unspecified atom stereocenters. The van der Waals surface area contributed by atoms with Crippen molar-refractivity contribution < 1.29 is 82.5 Å². The number of guanidine groups is 2. The molecule has 0 fully saturated rings. The highest BCUT2D eigenvalue weighted by Gasteiger charge is 2.26. The van der Waals surface area contributed by atoms with Gasteiger partial charge >= 0.3 is 35.8 Å². The second-order valence-corrected chi connectivity index (χ2v) is 13.6. The smallest absolute Gasteiger partial charge is 0.343 e. The normalized spacial score (nSPS) is 11.3. The van der Waals surface area contributed by atoms with Crippen LogP contribution in [-0.4, -0.2) is 118 Å². The molecular weight excluding hydrogens is 889 g/mol. The molecule has 352 valence electrons. The van der Waals surface area contributed by atoms with Crippen LogP contribution < -0.4 is 52.5 Å². The van der Waals surface area contributed by atoms with E-state index < -0.39 is 72.6 Å². The van der Waals surface area contributed by atoms with Crippen LogP contribution in [0.5, 0.6) is 23.0 Å². The zero-order chi connectivity index (χ0) is 49.2.